The molecule has 2 aromatic carbocycles. The number of hydrogen-bond acceptors (Lipinski definition) is 3. The Kier molecular flexibility index (Phi) is 7.39. The summed E-state index contributed by atoms with van der Waals surface area (Å²) in [6.07, 6.45) is 0. The van der Waals surface area contributed by atoms with Gasteiger partial charge in [-0.25, -0.2) is 8.42 Å². The van der Waals surface area contributed by atoms with Crippen LogP contribution in [0.3, 0.4) is 0 Å². The standard InChI is InChI=1S/C25H35ClN2O2S/c1-17(2)20-15-21(18(3)4)25(22(16-20)19(5)6)31(29,30)28-13-11-27(12-14-28)24-10-8-7-9-23(24)26/h7-10,15-19H,11-14H2,1-6H3. The van der Waals surface area contributed by atoms with Gasteiger partial charge in [0, 0.05) is 26.2 Å². The molecule has 0 unspecified atom stereocenters. The largest absolute Gasteiger partial charge is 0.368 e. The van der Waals surface area contributed by atoms with E-state index in [0.717, 1.165) is 16.8 Å². The summed E-state index contributed by atoms with van der Waals surface area (Å²) < 4.78 is 29.5. The zero-order valence-corrected chi connectivity index (χ0v) is 21.1. The van der Waals surface area contributed by atoms with Crippen LogP contribution in [-0.4, -0.2) is 38.9 Å². The summed E-state index contributed by atoms with van der Waals surface area (Å²) in [5.74, 6) is 0.613. The Morgan fingerprint density at radius 3 is 1.77 bits per heavy atom. The van der Waals surface area contributed by atoms with E-state index in [1.165, 1.54) is 5.56 Å². The molecule has 31 heavy (non-hydrogen) atoms. The topological polar surface area (TPSA) is 40.6 Å². The Morgan fingerprint density at radius 1 is 0.806 bits per heavy atom. The van der Waals surface area contributed by atoms with Gasteiger partial charge in [0.1, 0.15) is 0 Å². The van der Waals surface area contributed by atoms with Crippen molar-refractivity contribution in [3.63, 3.8) is 0 Å². The minimum atomic E-state index is -3.60. The summed E-state index contributed by atoms with van der Waals surface area (Å²) in [7, 11) is -3.60. The highest BCUT2D eigenvalue weighted by atomic mass is 35.5. The third kappa shape index (κ3) is 4.94. The van der Waals surface area contributed by atoms with Crippen LogP contribution in [0.15, 0.2) is 41.3 Å². The second-order valence-corrected chi connectivity index (χ2v) is 11.6. The molecule has 4 nitrogen and oxygen atoms in total. The third-order valence-corrected chi connectivity index (χ3v) is 8.46. The maximum atomic E-state index is 13.9. The Hall–Kier alpha value is -1.56. The van der Waals surface area contributed by atoms with E-state index in [1.807, 2.05) is 24.3 Å². The number of benzene rings is 2. The van der Waals surface area contributed by atoms with Gasteiger partial charge in [-0.1, -0.05) is 77.4 Å². The molecule has 1 saturated heterocycles. The first kappa shape index (κ1) is 24.1. The van der Waals surface area contributed by atoms with Crippen molar-refractivity contribution in [2.45, 2.75) is 64.2 Å². The first-order valence-electron chi connectivity index (χ1n) is 11.2. The molecule has 0 spiro atoms. The van der Waals surface area contributed by atoms with Crippen molar-refractivity contribution in [1.29, 1.82) is 0 Å². The minimum absolute atomic E-state index is 0.130. The van der Waals surface area contributed by atoms with Crippen LogP contribution in [-0.2, 0) is 10.0 Å². The number of anilines is 1. The summed E-state index contributed by atoms with van der Waals surface area (Å²) in [5.41, 5.74) is 4.04. The van der Waals surface area contributed by atoms with Gasteiger partial charge in [-0.15, -0.1) is 0 Å². The van der Waals surface area contributed by atoms with Gasteiger partial charge in [0.25, 0.3) is 0 Å². The molecular formula is C25H35ClN2O2S. The van der Waals surface area contributed by atoms with Gasteiger partial charge in [-0.2, -0.15) is 4.31 Å². The lowest BCUT2D eigenvalue weighted by Crippen LogP contribution is -2.49. The molecule has 1 fully saturated rings. The molecule has 6 heteroatoms. The van der Waals surface area contributed by atoms with Crippen molar-refractivity contribution in [3.8, 4) is 0 Å². The van der Waals surface area contributed by atoms with Gasteiger partial charge in [0.2, 0.25) is 10.0 Å². The van der Waals surface area contributed by atoms with Gasteiger partial charge >= 0.3 is 0 Å². The van der Waals surface area contributed by atoms with Crippen molar-refractivity contribution in [2.24, 2.45) is 0 Å². The van der Waals surface area contributed by atoms with Crippen molar-refractivity contribution < 1.29 is 8.42 Å². The van der Waals surface area contributed by atoms with E-state index in [2.05, 4.69) is 58.6 Å². The van der Waals surface area contributed by atoms with Gasteiger partial charge in [0.15, 0.2) is 0 Å². The average molecular weight is 463 g/mol. The number of piperazine rings is 1. The van der Waals surface area contributed by atoms with Crippen LogP contribution >= 0.6 is 11.6 Å². The summed E-state index contributed by atoms with van der Waals surface area (Å²) in [4.78, 5) is 2.69. The summed E-state index contributed by atoms with van der Waals surface area (Å²) in [6, 6.07) is 12.0. The number of hydrogen-bond donors (Lipinski definition) is 0. The van der Waals surface area contributed by atoms with E-state index in [4.69, 9.17) is 11.6 Å². The molecule has 1 aliphatic rings. The zero-order chi connectivity index (χ0) is 22.9. The molecule has 0 aliphatic carbocycles. The molecule has 1 heterocycles. The van der Waals surface area contributed by atoms with Crippen LogP contribution in [0.4, 0.5) is 5.69 Å². The molecule has 2 aromatic rings. The predicted octanol–water partition coefficient (Wildman–Crippen LogP) is 6.22. The number of sulfonamides is 1. The van der Waals surface area contributed by atoms with Crippen LogP contribution in [0, 0.1) is 0 Å². The molecule has 0 N–H and O–H groups in total. The van der Waals surface area contributed by atoms with Crippen molar-refractivity contribution >= 4 is 27.3 Å². The van der Waals surface area contributed by atoms with E-state index in [9.17, 15) is 8.42 Å². The van der Waals surface area contributed by atoms with Crippen molar-refractivity contribution in [2.75, 3.05) is 31.1 Å². The summed E-state index contributed by atoms with van der Waals surface area (Å²) >= 11 is 6.36. The molecular weight excluding hydrogens is 428 g/mol. The van der Waals surface area contributed by atoms with Crippen LogP contribution in [0.1, 0.15) is 76.0 Å². The van der Waals surface area contributed by atoms with Crippen LogP contribution in [0.25, 0.3) is 0 Å². The highest BCUT2D eigenvalue weighted by Crippen LogP contribution is 2.37. The lowest BCUT2D eigenvalue weighted by Gasteiger charge is -2.37. The lowest BCUT2D eigenvalue weighted by atomic mass is 9.89. The first-order valence-corrected chi connectivity index (χ1v) is 13.0. The molecule has 0 bridgehead atoms. The van der Waals surface area contributed by atoms with Gasteiger partial charge < -0.3 is 4.90 Å². The SMILES string of the molecule is CC(C)c1cc(C(C)C)c(S(=O)(=O)N2CCN(c3ccccc3Cl)CC2)c(C(C)C)c1. The smallest absolute Gasteiger partial charge is 0.243 e. The number of para-hydroxylation sites is 1. The number of halogens is 1. The molecule has 0 atom stereocenters. The second kappa shape index (κ2) is 9.51. The quantitative estimate of drug-likeness (QED) is 0.511. The summed E-state index contributed by atoms with van der Waals surface area (Å²) in [5, 5.41) is 0.701. The molecule has 170 valence electrons. The van der Waals surface area contributed by atoms with Gasteiger partial charge in [0.05, 0.1) is 15.6 Å². The number of nitrogens with zero attached hydrogens (tertiary/aromatic N) is 2. The Labute approximate surface area is 193 Å². The van der Waals surface area contributed by atoms with Gasteiger partial charge in [-0.05, 0) is 46.6 Å². The fraction of sp³-hybridized carbons (Fsp3) is 0.520. The van der Waals surface area contributed by atoms with E-state index < -0.39 is 10.0 Å². The number of rotatable bonds is 6. The Balaban J connectivity index is 1.98. The Morgan fingerprint density at radius 2 is 1.32 bits per heavy atom. The van der Waals surface area contributed by atoms with Crippen molar-refractivity contribution in [1.82, 2.24) is 4.31 Å². The van der Waals surface area contributed by atoms with E-state index in [1.54, 1.807) is 4.31 Å². The van der Waals surface area contributed by atoms with E-state index in [-0.39, 0.29) is 11.8 Å². The third-order valence-electron chi connectivity index (χ3n) is 6.11. The maximum Gasteiger partial charge on any atom is 0.243 e. The normalized spacial score (nSPS) is 16.0. The molecule has 0 amide bonds. The van der Waals surface area contributed by atoms with Crippen molar-refractivity contribution in [3.05, 3.63) is 58.1 Å². The molecule has 0 saturated carbocycles. The average Bonchev–Trinajstić information content (AvgIpc) is 2.73. The lowest BCUT2D eigenvalue weighted by molar-refractivity contribution is 0.383. The molecule has 3 rings (SSSR count). The Bertz CT molecular complexity index is 995. The van der Waals surface area contributed by atoms with Crippen LogP contribution in [0.5, 0.6) is 0 Å². The van der Waals surface area contributed by atoms with Gasteiger partial charge in [-0.3, -0.25) is 0 Å². The fourth-order valence-corrected chi connectivity index (χ4v) is 6.54. The summed E-state index contributed by atoms with van der Waals surface area (Å²) in [6.45, 7) is 14.8. The predicted molar refractivity (Wildman–Crippen MR) is 131 cm³/mol. The fourth-order valence-electron chi connectivity index (χ4n) is 4.19. The molecule has 1 aliphatic heterocycles. The highest BCUT2D eigenvalue weighted by molar-refractivity contribution is 7.89. The minimum Gasteiger partial charge on any atom is -0.368 e. The van der Waals surface area contributed by atoms with E-state index >= 15 is 0 Å². The first-order chi connectivity index (χ1) is 14.5. The highest BCUT2D eigenvalue weighted by Gasteiger charge is 2.34. The van der Waals surface area contributed by atoms with E-state index in [0.29, 0.717) is 42.0 Å². The molecule has 0 aromatic heterocycles. The second-order valence-electron chi connectivity index (χ2n) is 9.34. The monoisotopic (exact) mass is 462 g/mol. The van der Waals surface area contributed by atoms with Crippen LogP contribution in [0.2, 0.25) is 5.02 Å². The zero-order valence-electron chi connectivity index (χ0n) is 19.5. The maximum absolute atomic E-state index is 13.9. The van der Waals surface area contributed by atoms with Crippen LogP contribution < -0.4 is 4.90 Å². The molecule has 0 radical (unpaired) electrons.